The van der Waals surface area contributed by atoms with E-state index >= 15 is 0 Å². The van der Waals surface area contributed by atoms with Gasteiger partial charge >= 0.3 is 0 Å². The van der Waals surface area contributed by atoms with Gasteiger partial charge in [-0.1, -0.05) is 12.1 Å². The monoisotopic (exact) mass is 364 g/mol. The predicted octanol–water partition coefficient (Wildman–Crippen LogP) is 4.37. The lowest BCUT2D eigenvalue weighted by Gasteiger charge is -2.01. The van der Waals surface area contributed by atoms with Crippen molar-refractivity contribution in [3.05, 3.63) is 63.3 Å². The Hall–Kier alpha value is -1.79. The molecule has 0 unspecified atom stereocenters. The van der Waals surface area contributed by atoms with Crippen molar-refractivity contribution in [2.24, 2.45) is 0 Å². The van der Waals surface area contributed by atoms with Crippen molar-refractivity contribution in [1.29, 1.82) is 0 Å². The number of carbonyl (C=O) groups excluding carboxylic acids is 1. The zero-order chi connectivity index (χ0) is 14.8. The zero-order valence-electron chi connectivity index (χ0n) is 10.8. The molecular formula is C15H10BrFN2OS. The van der Waals surface area contributed by atoms with Crippen LogP contribution in [0.5, 0.6) is 0 Å². The number of hydrogen-bond donors (Lipinski definition) is 0. The van der Waals surface area contributed by atoms with E-state index in [1.54, 1.807) is 16.9 Å². The molecule has 3 rings (SSSR count). The van der Waals surface area contributed by atoms with Crippen LogP contribution in [-0.2, 0) is 6.54 Å². The van der Waals surface area contributed by atoms with Gasteiger partial charge in [-0.05, 0) is 45.8 Å². The largest absolute Gasteiger partial charge is 0.298 e. The van der Waals surface area contributed by atoms with Crippen molar-refractivity contribution in [3.8, 4) is 10.6 Å². The summed E-state index contributed by atoms with van der Waals surface area (Å²) in [5.41, 5.74) is 1.98. The summed E-state index contributed by atoms with van der Waals surface area (Å²) in [6.07, 6.45) is 2.47. The smallest absolute Gasteiger partial charge is 0.153 e. The molecule has 3 aromatic rings. The highest BCUT2D eigenvalue weighted by atomic mass is 79.9. The highest BCUT2D eigenvalue weighted by Gasteiger charge is 2.13. The minimum atomic E-state index is -0.280. The van der Waals surface area contributed by atoms with Crippen LogP contribution in [0.15, 0.2) is 46.4 Å². The maximum absolute atomic E-state index is 13.2. The van der Waals surface area contributed by atoms with Gasteiger partial charge in [-0.15, -0.1) is 11.3 Å². The van der Waals surface area contributed by atoms with E-state index in [0.717, 1.165) is 20.5 Å². The fraction of sp³-hybridized carbons (Fsp3) is 0.0667. The predicted molar refractivity (Wildman–Crippen MR) is 84.1 cm³/mol. The maximum Gasteiger partial charge on any atom is 0.153 e. The van der Waals surface area contributed by atoms with E-state index < -0.39 is 0 Å². The van der Waals surface area contributed by atoms with Gasteiger partial charge in [0.05, 0.1) is 20.8 Å². The molecule has 0 aliphatic rings. The molecule has 2 heterocycles. The Balaban J connectivity index is 1.94. The lowest BCUT2D eigenvalue weighted by Crippen LogP contribution is -2.00. The molecule has 2 aromatic heterocycles. The van der Waals surface area contributed by atoms with Crippen molar-refractivity contribution in [2.45, 2.75) is 6.54 Å². The molecule has 3 nitrogen and oxygen atoms in total. The lowest BCUT2D eigenvalue weighted by atomic mass is 10.2. The summed E-state index contributed by atoms with van der Waals surface area (Å²) in [4.78, 5) is 12.1. The van der Waals surface area contributed by atoms with Crippen LogP contribution in [0.3, 0.4) is 0 Å². The van der Waals surface area contributed by atoms with E-state index in [2.05, 4.69) is 21.0 Å². The van der Waals surface area contributed by atoms with E-state index in [0.29, 0.717) is 17.8 Å². The topological polar surface area (TPSA) is 34.9 Å². The van der Waals surface area contributed by atoms with Crippen LogP contribution in [0, 0.1) is 5.82 Å². The van der Waals surface area contributed by atoms with E-state index in [9.17, 15) is 9.18 Å². The van der Waals surface area contributed by atoms with Crippen LogP contribution in [0.4, 0.5) is 4.39 Å². The molecule has 0 saturated heterocycles. The highest BCUT2D eigenvalue weighted by molar-refractivity contribution is 9.11. The highest BCUT2D eigenvalue weighted by Crippen LogP contribution is 2.31. The average Bonchev–Trinajstić information content (AvgIpc) is 3.05. The molecule has 0 atom stereocenters. The van der Waals surface area contributed by atoms with Crippen molar-refractivity contribution in [1.82, 2.24) is 9.78 Å². The summed E-state index contributed by atoms with van der Waals surface area (Å²) >= 11 is 4.91. The first-order valence-electron chi connectivity index (χ1n) is 6.18. The number of nitrogens with zero attached hydrogens (tertiary/aromatic N) is 2. The third-order valence-corrected chi connectivity index (χ3v) is 4.59. The van der Waals surface area contributed by atoms with Gasteiger partial charge in [0.15, 0.2) is 6.29 Å². The van der Waals surface area contributed by atoms with Crippen LogP contribution in [0.25, 0.3) is 10.6 Å². The molecule has 106 valence electrons. The molecule has 6 heteroatoms. The normalized spacial score (nSPS) is 10.8. The van der Waals surface area contributed by atoms with Gasteiger partial charge in [0.2, 0.25) is 0 Å². The summed E-state index contributed by atoms with van der Waals surface area (Å²) in [5, 5.41) is 4.44. The molecule has 1 aromatic carbocycles. The third kappa shape index (κ3) is 3.11. The third-order valence-electron chi connectivity index (χ3n) is 2.96. The van der Waals surface area contributed by atoms with Crippen LogP contribution in [-0.4, -0.2) is 16.1 Å². The Bertz CT molecular complexity index is 797. The number of rotatable bonds is 4. The lowest BCUT2D eigenvalue weighted by molar-refractivity contribution is 0.112. The fourth-order valence-electron chi connectivity index (χ4n) is 2.06. The summed E-state index contributed by atoms with van der Waals surface area (Å²) in [6, 6.07) is 10.2. The molecule has 0 N–H and O–H groups in total. The number of carbonyl (C=O) groups is 1. The molecule has 0 spiro atoms. The van der Waals surface area contributed by atoms with E-state index in [4.69, 9.17) is 0 Å². The molecule has 0 aliphatic carbocycles. The van der Waals surface area contributed by atoms with Gasteiger partial charge in [-0.2, -0.15) is 5.10 Å². The summed E-state index contributed by atoms with van der Waals surface area (Å²) in [7, 11) is 0. The maximum atomic E-state index is 13.2. The molecule has 21 heavy (non-hydrogen) atoms. The average molecular weight is 365 g/mol. The Morgan fingerprint density at radius 2 is 2.19 bits per heavy atom. The van der Waals surface area contributed by atoms with Gasteiger partial charge in [0.25, 0.3) is 0 Å². The zero-order valence-corrected chi connectivity index (χ0v) is 13.2. The Kier molecular flexibility index (Phi) is 3.98. The van der Waals surface area contributed by atoms with Gasteiger partial charge in [-0.25, -0.2) is 4.39 Å². The quantitative estimate of drug-likeness (QED) is 0.644. The Morgan fingerprint density at radius 1 is 1.33 bits per heavy atom. The number of aldehydes is 1. The second-order valence-electron chi connectivity index (χ2n) is 4.48. The van der Waals surface area contributed by atoms with Gasteiger partial charge < -0.3 is 0 Å². The minimum Gasteiger partial charge on any atom is -0.298 e. The fourth-order valence-corrected chi connectivity index (χ4v) is 3.45. The number of hydrogen-bond acceptors (Lipinski definition) is 3. The van der Waals surface area contributed by atoms with Gasteiger partial charge in [0.1, 0.15) is 11.5 Å². The summed E-state index contributed by atoms with van der Waals surface area (Å²) in [6.45, 7) is 0.422. The second kappa shape index (κ2) is 5.91. The van der Waals surface area contributed by atoms with Gasteiger partial charge in [0, 0.05) is 6.20 Å². The Morgan fingerprint density at radius 3 is 2.86 bits per heavy atom. The van der Waals surface area contributed by atoms with E-state index in [-0.39, 0.29) is 5.82 Å². The minimum absolute atomic E-state index is 0.280. The molecule has 0 saturated carbocycles. The molecule has 0 bridgehead atoms. The van der Waals surface area contributed by atoms with Crippen LogP contribution in [0.2, 0.25) is 0 Å². The first-order chi connectivity index (χ1) is 10.2. The van der Waals surface area contributed by atoms with E-state index in [1.165, 1.54) is 23.5 Å². The molecule has 0 aliphatic heterocycles. The molecule has 0 amide bonds. The van der Waals surface area contributed by atoms with Gasteiger partial charge in [-0.3, -0.25) is 9.48 Å². The van der Waals surface area contributed by atoms with Crippen LogP contribution >= 0.6 is 27.3 Å². The second-order valence-corrected chi connectivity index (χ2v) is 6.95. The number of benzene rings is 1. The molecule has 0 fully saturated rings. The van der Waals surface area contributed by atoms with Crippen molar-refractivity contribution >= 4 is 33.6 Å². The SMILES string of the molecule is O=Cc1cn(Cc2cccc(F)c2)nc1-c1ccc(Br)s1. The molecular weight excluding hydrogens is 355 g/mol. The van der Waals surface area contributed by atoms with E-state index in [1.807, 2.05) is 18.2 Å². The van der Waals surface area contributed by atoms with Crippen LogP contribution in [0.1, 0.15) is 15.9 Å². The van der Waals surface area contributed by atoms with Crippen molar-refractivity contribution in [3.63, 3.8) is 0 Å². The van der Waals surface area contributed by atoms with Crippen LogP contribution < -0.4 is 0 Å². The standard InChI is InChI=1S/C15H10BrFN2OS/c16-14-5-4-13(21-14)15-11(9-20)8-19(18-15)7-10-2-1-3-12(17)6-10/h1-6,8-9H,7H2. The summed E-state index contributed by atoms with van der Waals surface area (Å²) in [5.74, 6) is -0.280. The number of aromatic nitrogens is 2. The Labute approximate surface area is 133 Å². The first-order valence-corrected chi connectivity index (χ1v) is 7.79. The van der Waals surface area contributed by atoms with Crippen molar-refractivity contribution < 1.29 is 9.18 Å². The van der Waals surface area contributed by atoms with Crippen molar-refractivity contribution in [2.75, 3.05) is 0 Å². The number of halogens is 2. The molecule has 0 radical (unpaired) electrons. The first kappa shape index (κ1) is 14.2. The summed E-state index contributed by atoms with van der Waals surface area (Å²) < 4.78 is 15.8. The number of thiophene rings is 1.